The van der Waals surface area contributed by atoms with Gasteiger partial charge in [-0.2, -0.15) is 0 Å². The average Bonchev–Trinajstić information content (AvgIpc) is 2.53. The zero-order chi connectivity index (χ0) is 18.8. The quantitative estimate of drug-likeness (QED) is 0.707. The molecule has 138 valence electrons. The first-order valence-corrected chi connectivity index (χ1v) is 8.37. The molecule has 3 N–H and O–H groups in total. The first-order valence-electron chi connectivity index (χ1n) is 8.37. The third-order valence-electron chi connectivity index (χ3n) is 4.18. The molecule has 0 aliphatic heterocycles. The maximum atomic E-state index is 9.60. The number of carboxylic acids is 2. The summed E-state index contributed by atoms with van der Waals surface area (Å²) in [7, 11) is 4.29. The molecular weight excluding hydrogens is 322 g/mol. The summed E-state index contributed by atoms with van der Waals surface area (Å²) in [6.07, 6.45) is 6.38. The van der Waals surface area contributed by atoms with E-state index in [9.17, 15) is 14.7 Å². The van der Waals surface area contributed by atoms with E-state index >= 15 is 0 Å². The van der Waals surface area contributed by atoms with Gasteiger partial charge >= 0.3 is 11.9 Å². The van der Waals surface area contributed by atoms with Gasteiger partial charge in [-0.15, -0.1) is 0 Å². The lowest BCUT2D eigenvalue weighted by Gasteiger charge is -2.33. The minimum Gasteiger partial charge on any atom is -0.508 e. The van der Waals surface area contributed by atoms with Crippen LogP contribution in [0.15, 0.2) is 36.4 Å². The van der Waals surface area contributed by atoms with Crippen molar-refractivity contribution in [3.8, 4) is 5.75 Å². The van der Waals surface area contributed by atoms with Crippen molar-refractivity contribution < 1.29 is 24.9 Å². The van der Waals surface area contributed by atoms with Crippen molar-refractivity contribution in [2.75, 3.05) is 20.6 Å². The van der Waals surface area contributed by atoms with Gasteiger partial charge < -0.3 is 20.2 Å². The minimum atomic E-state index is -1.26. The Kier molecular flexibility index (Phi) is 8.70. The summed E-state index contributed by atoms with van der Waals surface area (Å²) in [5.74, 6) is -0.754. The van der Waals surface area contributed by atoms with Gasteiger partial charge in [-0.3, -0.25) is 0 Å². The molecule has 2 atom stereocenters. The first-order chi connectivity index (χ1) is 11.8. The van der Waals surface area contributed by atoms with Crippen LogP contribution in [0.25, 0.3) is 0 Å². The minimum absolute atomic E-state index is 0.400. The van der Waals surface area contributed by atoms with Crippen molar-refractivity contribution >= 4 is 11.9 Å². The summed E-state index contributed by atoms with van der Waals surface area (Å²) >= 11 is 0. The van der Waals surface area contributed by atoms with Gasteiger partial charge in [0, 0.05) is 18.7 Å². The van der Waals surface area contributed by atoms with Crippen molar-refractivity contribution in [1.29, 1.82) is 0 Å². The molecule has 1 aliphatic rings. The fourth-order valence-electron chi connectivity index (χ4n) is 3.23. The van der Waals surface area contributed by atoms with Crippen LogP contribution in [-0.2, 0) is 9.59 Å². The molecule has 1 aromatic rings. The van der Waals surface area contributed by atoms with E-state index in [2.05, 4.69) is 25.1 Å². The van der Waals surface area contributed by atoms with Gasteiger partial charge in [0.1, 0.15) is 5.75 Å². The summed E-state index contributed by atoms with van der Waals surface area (Å²) in [6, 6.07) is 7.83. The number of hydrogen-bond acceptors (Lipinski definition) is 4. The SMILES string of the molecule is CN(C)C[C@@H]1CCCC[C@H]1c1cccc(O)c1.O=C(O)/C=C\C(=O)O. The molecule has 0 saturated heterocycles. The second-order valence-corrected chi connectivity index (χ2v) is 6.52. The van der Waals surface area contributed by atoms with Crippen molar-refractivity contribution in [3.63, 3.8) is 0 Å². The topological polar surface area (TPSA) is 98.1 Å². The molecule has 0 radical (unpaired) electrons. The molecule has 0 spiro atoms. The summed E-state index contributed by atoms with van der Waals surface area (Å²) in [5, 5.41) is 25.2. The molecule has 0 unspecified atom stereocenters. The zero-order valence-corrected chi connectivity index (χ0v) is 14.8. The van der Waals surface area contributed by atoms with Gasteiger partial charge in [0.25, 0.3) is 0 Å². The average molecular weight is 349 g/mol. The van der Waals surface area contributed by atoms with Gasteiger partial charge in [-0.05, 0) is 56.5 Å². The second-order valence-electron chi connectivity index (χ2n) is 6.52. The highest BCUT2D eigenvalue weighted by molar-refractivity contribution is 5.89. The van der Waals surface area contributed by atoms with E-state index in [4.69, 9.17) is 10.2 Å². The second kappa shape index (κ2) is 10.5. The normalized spacial score (nSPS) is 20.1. The number of aliphatic carboxylic acids is 2. The third kappa shape index (κ3) is 8.35. The number of aromatic hydroxyl groups is 1. The standard InChI is InChI=1S/C15H23NO.C4H4O4/c1-16(2)11-13-6-3-4-9-15(13)12-7-5-8-14(17)10-12;5-3(6)1-2-4(7)8/h5,7-8,10,13,15,17H,3-4,6,9,11H2,1-2H3;1-2H,(H,5,6)(H,7,8)/b;2-1-/t13-,15-;/m0./s1. The number of carbonyl (C=O) groups is 2. The Balaban J connectivity index is 0.000000333. The van der Waals surface area contributed by atoms with E-state index in [0.29, 0.717) is 23.8 Å². The van der Waals surface area contributed by atoms with Crippen LogP contribution in [0.2, 0.25) is 0 Å². The number of rotatable bonds is 5. The van der Waals surface area contributed by atoms with E-state index in [1.54, 1.807) is 6.07 Å². The van der Waals surface area contributed by atoms with Gasteiger partial charge in [-0.25, -0.2) is 9.59 Å². The summed E-state index contributed by atoms with van der Waals surface area (Å²) in [4.78, 5) is 21.4. The molecule has 1 saturated carbocycles. The predicted octanol–water partition coefficient (Wildman–Crippen LogP) is 2.94. The molecule has 0 heterocycles. The zero-order valence-electron chi connectivity index (χ0n) is 14.8. The summed E-state index contributed by atoms with van der Waals surface area (Å²) in [6.45, 7) is 1.15. The number of carboxylic acid groups (broad SMARTS) is 2. The van der Waals surface area contributed by atoms with Gasteiger partial charge in [0.2, 0.25) is 0 Å². The number of phenols is 1. The monoisotopic (exact) mass is 349 g/mol. The van der Waals surface area contributed by atoms with Crippen LogP contribution >= 0.6 is 0 Å². The van der Waals surface area contributed by atoms with Crippen molar-refractivity contribution in [3.05, 3.63) is 42.0 Å². The largest absolute Gasteiger partial charge is 0.508 e. The lowest BCUT2D eigenvalue weighted by Crippen LogP contribution is -2.28. The molecule has 0 aromatic heterocycles. The van der Waals surface area contributed by atoms with Gasteiger partial charge in [0.05, 0.1) is 0 Å². The molecule has 6 nitrogen and oxygen atoms in total. The number of hydrogen-bond donors (Lipinski definition) is 3. The molecule has 0 amide bonds. The molecule has 1 fully saturated rings. The van der Waals surface area contributed by atoms with Crippen LogP contribution in [0.3, 0.4) is 0 Å². The van der Waals surface area contributed by atoms with E-state index in [0.717, 1.165) is 12.5 Å². The highest BCUT2D eigenvalue weighted by atomic mass is 16.4. The molecule has 1 aromatic carbocycles. The van der Waals surface area contributed by atoms with Crippen LogP contribution in [0.5, 0.6) is 5.75 Å². The Morgan fingerprint density at radius 3 is 2.24 bits per heavy atom. The van der Waals surface area contributed by atoms with Crippen molar-refractivity contribution in [2.24, 2.45) is 5.92 Å². The van der Waals surface area contributed by atoms with E-state index < -0.39 is 11.9 Å². The Bertz CT molecular complexity index is 581. The first kappa shape index (κ1) is 20.7. The molecule has 1 aliphatic carbocycles. The fraction of sp³-hybridized carbons (Fsp3) is 0.474. The van der Waals surface area contributed by atoms with E-state index in [1.165, 1.54) is 31.2 Å². The van der Waals surface area contributed by atoms with Crippen LogP contribution in [0.4, 0.5) is 0 Å². The maximum absolute atomic E-state index is 9.60. The van der Waals surface area contributed by atoms with Gasteiger partial charge in [-0.1, -0.05) is 25.0 Å². The highest BCUT2D eigenvalue weighted by Gasteiger charge is 2.26. The third-order valence-corrected chi connectivity index (χ3v) is 4.18. The van der Waals surface area contributed by atoms with Crippen molar-refractivity contribution in [1.82, 2.24) is 4.90 Å². The molecule has 2 rings (SSSR count). The molecule has 0 bridgehead atoms. The van der Waals surface area contributed by atoms with E-state index in [-0.39, 0.29) is 0 Å². The smallest absolute Gasteiger partial charge is 0.328 e. The van der Waals surface area contributed by atoms with Crippen LogP contribution < -0.4 is 0 Å². The van der Waals surface area contributed by atoms with Crippen LogP contribution in [0.1, 0.15) is 37.2 Å². The predicted molar refractivity (Wildman–Crippen MR) is 95.8 cm³/mol. The fourth-order valence-corrected chi connectivity index (χ4v) is 3.23. The van der Waals surface area contributed by atoms with E-state index in [1.807, 2.05) is 12.1 Å². The lowest BCUT2D eigenvalue weighted by atomic mass is 9.75. The van der Waals surface area contributed by atoms with Crippen molar-refractivity contribution in [2.45, 2.75) is 31.6 Å². The molecule has 25 heavy (non-hydrogen) atoms. The highest BCUT2D eigenvalue weighted by Crippen LogP contribution is 2.38. The summed E-state index contributed by atoms with van der Waals surface area (Å²) in [5.41, 5.74) is 1.32. The molecule has 6 heteroatoms. The Labute approximate surface area is 148 Å². The summed E-state index contributed by atoms with van der Waals surface area (Å²) < 4.78 is 0. The lowest BCUT2D eigenvalue weighted by molar-refractivity contribution is -0.134. The maximum Gasteiger partial charge on any atom is 0.328 e. The van der Waals surface area contributed by atoms with Crippen LogP contribution in [-0.4, -0.2) is 52.8 Å². The number of phenolic OH excluding ortho intramolecular Hbond substituents is 1. The van der Waals surface area contributed by atoms with Gasteiger partial charge in [0.15, 0.2) is 0 Å². The molecular formula is C19H27NO5. The number of nitrogens with zero attached hydrogens (tertiary/aromatic N) is 1. The van der Waals surface area contributed by atoms with Crippen LogP contribution in [0, 0.1) is 5.92 Å². The Morgan fingerprint density at radius 2 is 1.72 bits per heavy atom. The Hall–Kier alpha value is -2.34. The Morgan fingerprint density at radius 1 is 1.12 bits per heavy atom. The number of benzene rings is 1.